The van der Waals surface area contributed by atoms with E-state index in [1.807, 2.05) is 0 Å². The van der Waals surface area contributed by atoms with Crippen LogP contribution in [0.25, 0.3) is 0 Å². The summed E-state index contributed by atoms with van der Waals surface area (Å²) in [6.45, 7) is 6.40. The van der Waals surface area contributed by atoms with Crippen LogP contribution in [0.3, 0.4) is 0 Å². The fraction of sp³-hybridized carbons (Fsp3) is 0.882. The molecule has 0 amide bonds. The van der Waals surface area contributed by atoms with E-state index in [0.717, 1.165) is 37.9 Å². The van der Waals surface area contributed by atoms with E-state index >= 15 is 0 Å². The zero-order valence-corrected chi connectivity index (χ0v) is 13.9. The van der Waals surface area contributed by atoms with Crippen molar-refractivity contribution in [3.63, 3.8) is 0 Å². The lowest BCUT2D eigenvalue weighted by molar-refractivity contribution is 0.176. The van der Waals surface area contributed by atoms with E-state index in [1.165, 1.54) is 51.4 Å². The Morgan fingerprint density at radius 3 is 2.77 bits per heavy atom. The molecule has 5 heteroatoms. The second-order valence-electron chi connectivity index (χ2n) is 6.78. The van der Waals surface area contributed by atoms with Crippen LogP contribution < -0.4 is 5.32 Å². The summed E-state index contributed by atoms with van der Waals surface area (Å²) in [5, 5.41) is 7.74. The van der Waals surface area contributed by atoms with Gasteiger partial charge in [-0.2, -0.15) is 4.98 Å². The molecule has 124 valence electrons. The highest BCUT2D eigenvalue weighted by Gasteiger charge is 2.24. The number of rotatable bonds is 5. The van der Waals surface area contributed by atoms with Gasteiger partial charge in [-0.3, -0.25) is 4.90 Å². The molecule has 1 saturated carbocycles. The van der Waals surface area contributed by atoms with Crippen molar-refractivity contribution in [2.45, 2.75) is 76.8 Å². The zero-order chi connectivity index (χ0) is 15.2. The molecule has 1 unspecified atom stereocenters. The van der Waals surface area contributed by atoms with Gasteiger partial charge in [0.1, 0.15) is 0 Å². The van der Waals surface area contributed by atoms with E-state index in [9.17, 15) is 0 Å². The molecule has 1 aromatic heterocycles. The largest absolute Gasteiger partial charge is 0.339 e. The quantitative estimate of drug-likeness (QED) is 0.906. The summed E-state index contributed by atoms with van der Waals surface area (Å²) in [6.07, 6.45) is 10.2. The third kappa shape index (κ3) is 4.07. The van der Waals surface area contributed by atoms with Crippen LogP contribution in [0, 0.1) is 0 Å². The molecule has 2 fully saturated rings. The van der Waals surface area contributed by atoms with Crippen LogP contribution in [-0.4, -0.2) is 40.7 Å². The maximum atomic E-state index is 5.56. The summed E-state index contributed by atoms with van der Waals surface area (Å²) in [5.74, 6) is 2.26. The molecule has 22 heavy (non-hydrogen) atoms. The topological polar surface area (TPSA) is 54.2 Å². The highest BCUT2D eigenvalue weighted by Crippen LogP contribution is 2.31. The van der Waals surface area contributed by atoms with Gasteiger partial charge in [0.25, 0.3) is 0 Å². The van der Waals surface area contributed by atoms with Crippen molar-refractivity contribution in [3.8, 4) is 0 Å². The molecular weight excluding hydrogens is 276 g/mol. The van der Waals surface area contributed by atoms with Crippen molar-refractivity contribution in [2.75, 3.05) is 19.6 Å². The van der Waals surface area contributed by atoms with Crippen LogP contribution in [-0.2, 0) is 6.54 Å². The highest BCUT2D eigenvalue weighted by atomic mass is 16.5. The van der Waals surface area contributed by atoms with Crippen molar-refractivity contribution in [3.05, 3.63) is 11.7 Å². The third-order valence-electron chi connectivity index (χ3n) is 5.25. The molecule has 0 bridgehead atoms. The Balaban J connectivity index is 1.59. The third-order valence-corrected chi connectivity index (χ3v) is 5.25. The average Bonchev–Trinajstić information content (AvgIpc) is 2.87. The molecule has 1 N–H and O–H groups in total. The van der Waals surface area contributed by atoms with Gasteiger partial charge in [-0.05, 0) is 51.7 Å². The molecule has 0 spiro atoms. The van der Waals surface area contributed by atoms with Crippen molar-refractivity contribution in [1.82, 2.24) is 20.4 Å². The Bertz CT molecular complexity index is 434. The van der Waals surface area contributed by atoms with Crippen molar-refractivity contribution in [1.29, 1.82) is 0 Å². The predicted octanol–water partition coefficient (Wildman–Crippen LogP) is 3.08. The van der Waals surface area contributed by atoms with E-state index in [0.29, 0.717) is 12.0 Å². The van der Waals surface area contributed by atoms with Crippen molar-refractivity contribution in [2.24, 2.45) is 0 Å². The Hall–Kier alpha value is -0.940. The van der Waals surface area contributed by atoms with Crippen LogP contribution >= 0.6 is 0 Å². The Labute approximate surface area is 133 Å². The van der Waals surface area contributed by atoms with Gasteiger partial charge in [0.2, 0.25) is 5.89 Å². The van der Waals surface area contributed by atoms with E-state index in [4.69, 9.17) is 9.51 Å². The molecule has 0 aromatic carbocycles. The number of nitrogens with zero attached hydrogens (tertiary/aromatic N) is 3. The first-order chi connectivity index (χ1) is 10.9. The normalized spacial score (nSPS) is 24.5. The molecule has 1 aromatic rings. The van der Waals surface area contributed by atoms with Gasteiger partial charge in [0.15, 0.2) is 5.82 Å². The molecule has 2 aliphatic rings. The van der Waals surface area contributed by atoms with Gasteiger partial charge in [0.05, 0.1) is 6.54 Å². The van der Waals surface area contributed by atoms with Crippen molar-refractivity contribution < 1.29 is 4.52 Å². The maximum Gasteiger partial charge on any atom is 0.229 e. The first-order valence-electron chi connectivity index (χ1n) is 9.14. The summed E-state index contributed by atoms with van der Waals surface area (Å²) >= 11 is 0. The second kappa shape index (κ2) is 8.06. The first-order valence-corrected chi connectivity index (χ1v) is 9.14. The van der Waals surface area contributed by atoms with Crippen LogP contribution in [0.5, 0.6) is 0 Å². The predicted molar refractivity (Wildman–Crippen MR) is 86.7 cm³/mol. The van der Waals surface area contributed by atoms with Crippen molar-refractivity contribution >= 4 is 0 Å². The van der Waals surface area contributed by atoms with Gasteiger partial charge in [0, 0.05) is 12.0 Å². The van der Waals surface area contributed by atoms with Gasteiger partial charge < -0.3 is 9.84 Å². The van der Waals surface area contributed by atoms with E-state index < -0.39 is 0 Å². The monoisotopic (exact) mass is 306 g/mol. The highest BCUT2D eigenvalue weighted by molar-refractivity contribution is 4.96. The minimum absolute atomic E-state index is 0.507. The summed E-state index contributed by atoms with van der Waals surface area (Å²) in [6, 6.07) is 0.650. The summed E-state index contributed by atoms with van der Waals surface area (Å²) in [5.41, 5.74) is 0. The smallest absolute Gasteiger partial charge is 0.229 e. The van der Waals surface area contributed by atoms with E-state index in [1.54, 1.807) is 0 Å². The Morgan fingerprint density at radius 2 is 1.95 bits per heavy atom. The fourth-order valence-electron chi connectivity index (χ4n) is 3.89. The SMILES string of the molecule is CCN(Cc1noc(C2CCCCC2)n1)C1CCCNCC1. The van der Waals surface area contributed by atoms with Crippen LogP contribution in [0.15, 0.2) is 4.52 Å². The number of aromatic nitrogens is 2. The molecule has 2 heterocycles. The molecule has 5 nitrogen and oxygen atoms in total. The molecular formula is C17H30N4O. The Kier molecular flexibility index (Phi) is 5.84. The minimum Gasteiger partial charge on any atom is -0.339 e. The van der Waals surface area contributed by atoms with E-state index in [-0.39, 0.29) is 0 Å². The molecule has 3 rings (SSSR count). The summed E-state index contributed by atoms with van der Waals surface area (Å²) < 4.78 is 5.56. The molecule has 1 atom stereocenters. The van der Waals surface area contributed by atoms with Gasteiger partial charge >= 0.3 is 0 Å². The fourth-order valence-corrected chi connectivity index (χ4v) is 3.89. The standard InChI is InChI=1S/C17H30N4O/c1-2-21(15-9-6-11-18-12-10-15)13-16-19-17(22-20-16)14-7-4-3-5-8-14/h14-15,18H,2-13H2,1H3. The van der Waals surface area contributed by atoms with Gasteiger partial charge in [-0.25, -0.2) is 0 Å². The number of hydrogen-bond donors (Lipinski definition) is 1. The number of nitrogens with one attached hydrogen (secondary N) is 1. The van der Waals surface area contributed by atoms with Crippen LogP contribution in [0.2, 0.25) is 0 Å². The molecule has 1 aliphatic carbocycles. The Morgan fingerprint density at radius 1 is 1.09 bits per heavy atom. The van der Waals surface area contributed by atoms with Crippen LogP contribution in [0.4, 0.5) is 0 Å². The second-order valence-corrected chi connectivity index (χ2v) is 6.78. The molecule has 0 radical (unpaired) electrons. The molecule has 1 saturated heterocycles. The lowest BCUT2D eigenvalue weighted by Gasteiger charge is -2.28. The zero-order valence-electron chi connectivity index (χ0n) is 13.9. The first kappa shape index (κ1) is 15.9. The summed E-state index contributed by atoms with van der Waals surface area (Å²) in [7, 11) is 0. The van der Waals surface area contributed by atoms with E-state index in [2.05, 4.69) is 22.3 Å². The molecule has 1 aliphatic heterocycles. The number of hydrogen-bond acceptors (Lipinski definition) is 5. The average molecular weight is 306 g/mol. The van der Waals surface area contributed by atoms with Gasteiger partial charge in [-0.15, -0.1) is 0 Å². The lowest BCUT2D eigenvalue weighted by atomic mass is 9.89. The van der Waals surface area contributed by atoms with Crippen LogP contribution in [0.1, 0.15) is 75.9 Å². The summed E-state index contributed by atoms with van der Waals surface area (Å²) in [4.78, 5) is 7.22. The van der Waals surface area contributed by atoms with Gasteiger partial charge in [-0.1, -0.05) is 31.3 Å². The maximum absolute atomic E-state index is 5.56. The minimum atomic E-state index is 0.507. The lowest BCUT2D eigenvalue weighted by Crippen LogP contribution is -2.35.